The number of rotatable bonds is 1. The number of hydrogen-bond donors (Lipinski definition) is 1. The normalized spacial score (nSPS) is 10.6. The van der Waals surface area contributed by atoms with E-state index in [2.05, 4.69) is 4.98 Å². The third-order valence-corrected chi connectivity index (χ3v) is 2.16. The summed E-state index contributed by atoms with van der Waals surface area (Å²) in [5.41, 5.74) is 0.830. The predicted octanol–water partition coefficient (Wildman–Crippen LogP) is 0.962. The fourth-order valence-corrected chi connectivity index (χ4v) is 1.37. The zero-order valence-electron chi connectivity index (χ0n) is 7.77. The van der Waals surface area contributed by atoms with Crippen LogP contribution in [0.3, 0.4) is 0 Å². The predicted molar refractivity (Wildman–Crippen MR) is 52.5 cm³/mol. The largest absolute Gasteiger partial charge is 0.504 e. The maximum Gasteiger partial charge on any atom is 0.261 e. The smallest absolute Gasteiger partial charge is 0.261 e. The highest BCUT2D eigenvalue weighted by atomic mass is 16.3. The van der Waals surface area contributed by atoms with E-state index in [1.54, 1.807) is 12.3 Å². The van der Waals surface area contributed by atoms with E-state index in [0.717, 1.165) is 0 Å². The SMILES string of the molecule is CCc1cnc2c(O)cccn2c1=O. The molecular formula is C10H10N2O2. The number of pyridine rings is 1. The molecule has 14 heavy (non-hydrogen) atoms. The molecule has 2 aromatic rings. The molecule has 0 saturated heterocycles. The molecule has 0 aliphatic rings. The summed E-state index contributed by atoms with van der Waals surface area (Å²) in [5, 5.41) is 9.44. The van der Waals surface area contributed by atoms with Gasteiger partial charge in [-0.1, -0.05) is 6.92 Å². The first-order valence-electron chi connectivity index (χ1n) is 4.42. The first-order chi connectivity index (χ1) is 6.74. The summed E-state index contributed by atoms with van der Waals surface area (Å²) in [7, 11) is 0. The van der Waals surface area contributed by atoms with Crippen molar-refractivity contribution in [2.75, 3.05) is 0 Å². The summed E-state index contributed by atoms with van der Waals surface area (Å²) in [4.78, 5) is 15.7. The van der Waals surface area contributed by atoms with Gasteiger partial charge in [0.1, 0.15) is 0 Å². The van der Waals surface area contributed by atoms with Crippen molar-refractivity contribution in [3.05, 3.63) is 40.4 Å². The van der Waals surface area contributed by atoms with E-state index in [1.165, 1.54) is 16.7 Å². The van der Waals surface area contributed by atoms with Gasteiger partial charge in [-0.05, 0) is 18.6 Å². The summed E-state index contributed by atoms with van der Waals surface area (Å²) in [6.45, 7) is 1.90. The second kappa shape index (κ2) is 3.14. The summed E-state index contributed by atoms with van der Waals surface area (Å²) in [6, 6.07) is 3.12. The van der Waals surface area contributed by atoms with Crippen molar-refractivity contribution >= 4 is 5.65 Å². The van der Waals surface area contributed by atoms with Crippen LogP contribution in [-0.4, -0.2) is 14.5 Å². The fraction of sp³-hybridized carbons (Fsp3) is 0.200. The van der Waals surface area contributed by atoms with Crippen LogP contribution in [0.15, 0.2) is 29.3 Å². The molecule has 0 spiro atoms. The van der Waals surface area contributed by atoms with Crippen LogP contribution in [0.25, 0.3) is 5.65 Å². The van der Waals surface area contributed by atoms with Crippen LogP contribution in [0.1, 0.15) is 12.5 Å². The van der Waals surface area contributed by atoms with Crippen molar-refractivity contribution in [2.24, 2.45) is 0 Å². The van der Waals surface area contributed by atoms with Crippen LogP contribution in [0, 0.1) is 0 Å². The van der Waals surface area contributed by atoms with Crippen molar-refractivity contribution in [1.82, 2.24) is 9.38 Å². The van der Waals surface area contributed by atoms with Gasteiger partial charge in [0.2, 0.25) is 0 Å². The van der Waals surface area contributed by atoms with Crippen LogP contribution in [0.4, 0.5) is 0 Å². The lowest BCUT2D eigenvalue weighted by molar-refractivity contribution is 0.476. The Morgan fingerprint density at radius 3 is 3.07 bits per heavy atom. The fourth-order valence-electron chi connectivity index (χ4n) is 1.37. The molecular weight excluding hydrogens is 180 g/mol. The van der Waals surface area contributed by atoms with Gasteiger partial charge in [0, 0.05) is 18.0 Å². The van der Waals surface area contributed by atoms with E-state index >= 15 is 0 Å². The lowest BCUT2D eigenvalue weighted by Gasteiger charge is -2.02. The van der Waals surface area contributed by atoms with E-state index in [0.29, 0.717) is 17.6 Å². The number of fused-ring (bicyclic) bond motifs is 1. The molecule has 0 bridgehead atoms. The standard InChI is InChI=1S/C10H10N2O2/c1-2-7-6-11-9-8(13)4-3-5-12(9)10(7)14/h3-6,13H,2H2,1H3. The molecule has 72 valence electrons. The highest BCUT2D eigenvalue weighted by molar-refractivity contribution is 5.51. The van der Waals surface area contributed by atoms with Gasteiger partial charge in [-0.3, -0.25) is 9.20 Å². The van der Waals surface area contributed by atoms with Crippen LogP contribution >= 0.6 is 0 Å². The Balaban J connectivity index is 2.91. The average molecular weight is 190 g/mol. The molecule has 1 N–H and O–H groups in total. The third kappa shape index (κ3) is 1.16. The van der Waals surface area contributed by atoms with Crippen LogP contribution in [-0.2, 0) is 6.42 Å². The molecule has 2 aromatic heterocycles. The molecule has 2 rings (SSSR count). The minimum atomic E-state index is -0.117. The number of aryl methyl sites for hydroxylation is 1. The van der Waals surface area contributed by atoms with Crippen LogP contribution in [0.2, 0.25) is 0 Å². The number of nitrogens with zero attached hydrogens (tertiary/aromatic N) is 2. The minimum Gasteiger partial charge on any atom is -0.504 e. The van der Waals surface area contributed by atoms with Gasteiger partial charge in [-0.15, -0.1) is 0 Å². The molecule has 0 amide bonds. The Morgan fingerprint density at radius 2 is 2.36 bits per heavy atom. The first kappa shape index (κ1) is 8.74. The van der Waals surface area contributed by atoms with Gasteiger partial charge in [0.25, 0.3) is 5.56 Å². The molecule has 4 heteroatoms. The van der Waals surface area contributed by atoms with Crippen molar-refractivity contribution in [3.8, 4) is 5.75 Å². The molecule has 0 aliphatic heterocycles. The molecule has 0 atom stereocenters. The summed E-state index contributed by atoms with van der Waals surface area (Å²) in [5.74, 6) is 0.0206. The Hall–Kier alpha value is -1.84. The van der Waals surface area contributed by atoms with Gasteiger partial charge in [-0.2, -0.15) is 0 Å². The average Bonchev–Trinajstić information content (AvgIpc) is 2.20. The summed E-state index contributed by atoms with van der Waals surface area (Å²) >= 11 is 0. The molecule has 0 unspecified atom stereocenters. The maximum absolute atomic E-state index is 11.7. The van der Waals surface area contributed by atoms with E-state index in [1.807, 2.05) is 6.92 Å². The lowest BCUT2D eigenvalue weighted by atomic mass is 10.2. The Labute approximate surface area is 80.5 Å². The second-order valence-corrected chi connectivity index (χ2v) is 3.03. The van der Waals surface area contributed by atoms with Crippen molar-refractivity contribution in [1.29, 1.82) is 0 Å². The topological polar surface area (TPSA) is 54.6 Å². The highest BCUT2D eigenvalue weighted by Gasteiger charge is 2.04. The first-order valence-corrected chi connectivity index (χ1v) is 4.42. The van der Waals surface area contributed by atoms with E-state index in [9.17, 15) is 9.90 Å². The van der Waals surface area contributed by atoms with Gasteiger partial charge in [0.15, 0.2) is 11.4 Å². The van der Waals surface area contributed by atoms with Gasteiger partial charge < -0.3 is 5.11 Å². The third-order valence-electron chi connectivity index (χ3n) is 2.16. The Morgan fingerprint density at radius 1 is 1.57 bits per heavy atom. The molecule has 0 aromatic carbocycles. The molecule has 0 saturated carbocycles. The molecule has 4 nitrogen and oxygen atoms in total. The zero-order chi connectivity index (χ0) is 10.1. The number of aromatic hydroxyl groups is 1. The number of aromatic nitrogens is 2. The molecule has 0 aliphatic carbocycles. The Kier molecular flexibility index (Phi) is 1.96. The molecule has 0 radical (unpaired) electrons. The monoisotopic (exact) mass is 190 g/mol. The van der Waals surface area contributed by atoms with Crippen LogP contribution in [0.5, 0.6) is 5.75 Å². The quantitative estimate of drug-likeness (QED) is 0.728. The number of hydrogen-bond acceptors (Lipinski definition) is 3. The zero-order valence-corrected chi connectivity index (χ0v) is 7.77. The Bertz CT molecular complexity index is 531. The van der Waals surface area contributed by atoms with Gasteiger partial charge >= 0.3 is 0 Å². The van der Waals surface area contributed by atoms with Crippen molar-refractivity contribution < 1.29 is 5.11 Å². The second-order valence-electron chi connectivity index (χ2n) is 3.03. The van der Waals surface area contributed by atoms with E-state index < -0.39 is 0 Å². The van der Waals surface area contributed by atoms with E-state index in [-0.39, 0.29) is 11.3 Å². The highest BCUT2D eigenvalue weighted by Crippen LogP contribution is 2.12. The summed E-state index contributed by atoms with van der Waals surface area (Å²) < 4.78 is 1.36. The molecule has 2 heterocycles. The van der Waals surface area contributed by atoms with Crippen molar-refractivity contribution in [3.63, 3.8) is 0 Å². The minimum absolute atomic E-state index is 0.0206. The molecule has 0 fully saturated rings. The lowest BCUT2D eigenvalue weighted by Crippen LogP contribution is -2.18. The maximum atomic E-state index is 11.7. The van der Waals surface area contributed by atoms with Crippen molar-refractivity contribution in [2.45, 2.75) is 13.3 Å². The van der Waals surface area contributed by atoms with Gasteiger partial charge in [0.05, 0.1) is 0 Å². The van der Waals surface area contributed by atoms with E-state index in [4.69, 9.17) is 0 Å². The van der Waals surface area contributed by atoms with Gasteiger partial charge in [-0.25, -0.2) is 4.98 Å². The van der Waals surface area contributed by atoms with Crippen LogP contribution < -0.4 is 5.56 Å². The summed E-state index contributed by atoms with van der Waals surface area (Å²) in [6.07, 6.45) is 3.76.